The number of amides is 1. The number of carbonyl (C=O) groups excluding carboxylic acids is 1. The molecule has 1 aromatic carbocycles. The van der Waals surface area contributed by atoms with Crippen LogP contribution in [0.1, 0.15) is 13.3 Å². The first-order valence-electron chi connectivity index (χ1n) is 7.55. The van der Waals surface area contributed by atoms with Crippen LogP contribution >= 0.6 is 11.8 Å². The van der Waals surface area contributed by atoms with E-state index in [2.05, 4.69) is 10.2 Å². The molecule has 1 atom stereocenters. The normalized spacial score (nSPS) is 17.4. The third kappa shape index (κ3) is 6.08. The molecule has 1 aliphatic rings. The summed E-state index contributed by atoms with van der Waals surface area (Å²) in [6.45, 7) is 7.41. The molecule has 4 nitrogen and oxygen atoms in total. The van der Waals surface area contributed by atoms with Crippen molar-refractivity contribution in [1.29, 1.82) is 0 Å². The van der Waals surface area contributed by atoms with Crippen molar-refractivity contribution in [1.82, 2.24) is 10.2 Å². The number of hydrogen-bond acceptors (Lipinski definition) is 4. The first kappa shape index (κ1) is 16.3. The lowest BCUT2D eigenvalue weighted by atomic mass is 10.3. The summed E-state index contributed by atoms with van der Waals surface area (Å²) in [5, 5.41) is 2.97. The van der Waals surface area contributed by atoms with Crippen molar-refractivity contribution in [3.63, 3.8) is 0 Å². The van der Waals surface area contributed by atoms with E-state index in [4.69, 9.17) is 4.74 Å². The van der Waals surface area contributed by atoms with E-state index in [1.165, 1.54) is 0 Å². The second-order valence-electron chi connectivity index (χ2n) is 5.17. The van der Waals surface area contributed by atoms with Crippen LogP contribution in [-0.2, 0) is 9.53 Å². The second-order valence-corrected chi connectivity index (χ2v) is 6.59. The van der Waals surface area contributed by atoms with Gasteiger partial charge in [-0.1, -0.05) is 18.2 Å². The van der Waals surface area contributed by atoms with E-state index in [-0.39, 0.29) is 11.2 Å². The molecule has 1 N–H and O–H groups in total. The molecule has 0 saturated carbocycles. The lowest BCUT2D eigenvalue weighted by molar-refractivity contribution is -0.120. The summed E-state index contributed by atoms with van der Waals surface area (Å²) < 4.78 is 5.32. The summed E-state index contributed by atoms with van der Waals surface area (Å²) in [7, 11) is 0. The maximum absolute atomic E-state index is 12.0. The van der Waals surface area contributed by atoms with Gasteiger partial charge in [0, 0.05) is 24.5 Å². The number of morpholine rings is 1. The molecule has 1 aliphatic heterocycles. The minimum Gasteiger partial charge on any atom is -0.379 e. The lowest BCUT2D eigenvalue weighted by Gasteiger charge is -2.26. The molecular formula is C16H24N2O2S. The van der Waals surface area contributed by atoms with E-state index in [1.54, 1.807) is 11.8 Å². The van der Waals surface area contributed by atoms with Gasteiger partial charge in [-0.25, -0.2) is 0 Å². The number of ether oxygens (including phenoxy) is 1. The number of benzene rings is 1. The average Bonchev–Trinajstić information content (AvgIpc) is 2.53. The molecule has 1 saturated heterocycles. The van der Waals surface area contributed by atoms with E-state index in [0.29, 0.717) is 0 Å². The van der Waals surface area contributed by atoms with E-state index < -0.39 is 0 Å². The van der Waals surface area contributed by atoms with Crippen molar-refractivity contribution < 1.29 is 9.53 Å². The van der Waals surface area contributed by atoms with E-state index in [0.717, 1.165) is 50.7 Å². The predicted molar refractivity (Wildman–Crippen MR) is 86.6 cm³/mol. The summed E-state index contributed by atoms with van der Waals surface area (Å²) in [4.78, 5) is 15.6. The second kappa shape index (κ2) is 9.07. The molecule has 0 radical (unpaired) electrons. The molecule has 2 rings (SSSR count). The Labute approximate surface area is 131 Å². The minimum absolute atomic E-state index is 0.0595. The van der Waals surface area contributed by atoms with Gasteiger partial charge >= 0.3 is 0 Å². The Morgan fingerprint density at radius 3 is 2.76 bits per heavy atom. The molecule has 5 heteroatoms. The van der Waals surface area contributed by atoms with Crippen LogP contribution in [0.25, 0.3) is 0 Å². The largest absolute Gasteiger partial charge is 0.379 e. The Morgan fingerprint density at radius 2 is 2.05 bits per heavy atom. The van der Waals surface area contributed by atoms with Crippen molar-refractivity contribution in [3.05, 3.63) is 30.3 Å². The van der Waals surface area contributed by atoms with Gasteiger partial charge in [0.25, 0.3) is 0 Å². The van der Waals surface area contributed by atoms with Gasteiger partial charge in [0.2, 0.25) is 5.91 Å². The first-order valence-corrected chi connectivity index (χ1v) is 8.43. The van der Waals surface area contributed by atoms with Gasteiger partial charge in [-0.05, 0) is 32.0 Å². The number of nitrogens with zero attached hydrogens (tertiary/aromatic N) is 1. The SMILES string of the molecule is C[C@H](Sc1ccccc1)C(=O)NCCCN1CCOCC1. The number of thioether (sulfide) groups is 1. The van der Waals surface area contributed by atoms with E-state index in [1.807, 2.05) is 37.3 Å². The van der Waals surface area contributed by atoms with Gasteiger partial charge in [0.05, 0.1) is 18.5 Å². The van der Waals surface area contributed by atoms with Crippen LogP contribution in [0.2, 0.25) is 0 Å². The van der Waals surface area contributed by atoms with Gasteiger partial charge < -0.3 is 10.1 Å². The third-order valence-corrected chi connectivity index (χ3v) is 4.59. The summed E-state index contributed by atoms with van der Waals surface area (Å²) in [5.74, 6) is 0.117. The zero-order chi connectivity index (χ0) is 14.9. The molecule has 1 amide bonds. The summed E-state index contributed by atoms with van der Waals surface area (Å²) in [6, 6.07) is 10.0. The van der Waals surface area contributed by atoms with Crippen LogP contribution in [0, 0.1) is 0 Å². The van der Waals surface area contributed by atoms with Gasteiger partial charge in [0.15, 0.2) is 0 Å². The maximum atomic E-state index is 12.0. The number of rotatable bonds is 7. The highest BCUT2D eigenvalue weighted by atomic mass is 32.2. The molecule has 1 aromatic rings. The maximum Gasteiger partial charge on any atom is 0.233 e. The standard InChI is InChI=1S/C16H24N2O2S/c1-14(21-15-6-3-2-4-7-15)16(19)17-8-5-9-18-10-12-20-13-11-18/h2-4,6-7,14H,5,8-13H2,1H3,(H,17,19)/t14-/m0/s1. The zero-order valence-corrected chi connectivity index (χ0v) is 13.4. The summed E-state index contributed by atoms with van der Waals surface area (Å²) in [5.41, 5.74) is 0. The minimum atomic E-state index is -0.0595. The summed E-state index contributed by atoms with van der Waals surface area (Å²) in [6.07, 6.45) is 0.995. The molecule has 0 bridgehead atoms. The monoisotopic (exact) mass is 308 g/mol. The van der Waals surface area contributed by atoms with Crippen LogP contribution < -0.4 is 5.32 Å². The Kier molecular flexibility index (Phi) is 7.06. The highest BCUT2D eigenvalue weighted by molar-refractivity contribution is 8.00. The molecule has 0 unspecified atom stereocenters. The predicted octanol–water partition coefficient (Wildman–Crippen LogP) is 2.01. The van der Waals surface area contributed by atoms with E-state index in [9.17, 15) is 4.79 Å². The van der Waals surface area contributed by atoms with Gasteiger partial charge in [-0.3, -0.25) is 9.69 Å². The number of nitrogens with one attached hydrogen (secondary N) is 1. The summed E-state index contributed by atoms with van der Waals surface area (Å²) >= 11 is 1.60. The Morgan fingerprint density at radius 1 is 1.33 bits per heavy atom. The van der Waals surface area contributed by atoms with Crippen molar-refractivity contribution in [3.8, 4) is 0 Å². The fourth-order valence-corrected chi connectivity index (χ4v) is 3.15. The number of hydrogen-bond donors (Lipinski definition) is 1. The quantitative estimate of drug-likeness (QED) is 0.618. The van der Waals surface area contributed by atoms with Crippen molar-refractivity contribution in [2.75, 3.05) is 39.4 Å². The molecule has 1 fully saturated rings. The van der Waals surface area contributed by atoms with Crippen LogP contribution in [0.5, 0.6) is 0 Å². The van der Waals surface area contributed by atoms with Crippen molar-refractivity contribution in [2.24, 2.45) is 0 Å². The molecule has 0 aliphatic carbocycles. The highest BCUT2D eigenvalue weighted by Crippen LogP contribution is 2.22. The van der Waals surface area contributed by atoms with Crippen molar-refractivity contribution >= 4 is 17.7 Å². The molecular weight excluding hydrogens is 284 g/mol. The molecule has 1 heterocycles. The first-order chi connectivity index (χ1) is 10.3. The molecule has 21 heavy (non-hydrogen) atoms. The fraction of sp³-hybridized carbons (Fsp3) is 0.562. The molecule has 0 aromatic heterocycles. The molecule has 116 valence electrons. The smallest absolute Gasteiger partial charge is 0.233 e. The van der Waals surface area contributed by atoms with Crippen LogP contribution in [0.15, 0.2) is 35.2 Å². The van der Waals surface area contributed by atoms with Crippen LogP contribution in [-0.4, -0.2) is 55.4 Å². The Balaban J connectivity index is 1.60. The van der Waals surface area contributed by atoms with E-state index >= 15 is 0 Å². The topological polar surface area (TPSA) is 41.6 Å². The molecule has 0 spiro atoms. The fourth-order valence-electron chi connectivity index (χ4n) is 2.24. The highest BCUT2D eigenvalue weighted by Gasteiger charge is 2.14. The zero-order valence-electron chi connectivity index (χ0n) is 12.6. The lowest BCUT2D eigenvalue weighted by Crippen LogP contribution is -2.38. The average molecular weight is 308 g/mol. The van der Waals surface area contributed by atoms with Gasteiger partial charge in [-0.2, -0.15) is 0 Å². The van der Waals surface area contributed by atoms with Crippen molar-refractivity contribution in [2.45, 2.75) is 23.5 Å². The van der Waals surface area contributed by atoms with Crippen LogP contribution in [0.4, 0.5) is 0 Å². The Hall–Kier alpha value is -1.04. The van der Waals surface area contributed by atoms with Crippen LogP contribution in [0.3, 0.4) is 0 Å². The third-order valence-electron chi connectivity index (χ3n) is 3.48. The van der Waals surface area contributed by atoms with Gasteiger partial charge in [-0.15, -0.1) is 11.8 Å². The number of carbonyl (C=O) groups is 1. The van der Waals surface area contributed by atoms with Gasteiger partial charge in [0.1, 0.15) is 0 Å². The Bertz CT molecular complexity index is 422.